The van der Waals surface area contributed by atoms with Crippen LogP contribution in [0.15, 0.2) is 11.1 Å². The van der Waals surface area contributed by atoms with Gasteiger partial charge in [-0.25, -0.2) is 0 Å². The maximum absolute atomic E-state index is 13.4. The molecule has 2 heterocycles. The van der Waals surface area contributed by atoms with E-state index in [9.17, 15) is 9.59 Å². The topological polar surface area (TPSA) is 37.4 Å². The number of carbonyl (C=O) groups is 2. The SMILES string of the molecule is C[C@@H]1CN2C[C@H]3CCC4=C(C(=O)CC4)C4C(=O)C1CC2[C@]43C. The monoisotopic (exact) mass is 299 g/mol. The molecule has 0 aromatic heterocycles. The molecule has 3 unspecified atom stereocenters. The van der Waals surface area contributed by atoms with Crippen LogP contribution in [0.2, 0.25) is 0 Å². The molecule has 0 N–H and O–H groups in total. The van der Waals surface area contributed by atoms with Crippen LogP contribution < -0.4 is 0 Å². The third-order valence-corrected chi connectivity index (χ3v) is 7.87. The summed E-state index contributed by atoms with van der Waals surface area (Å²) in [5, 5.41) is 0. The predicted molar refractivity (Wildman–Crippen MR) is 83.2 cm³/mol. The zero-order chi connectivity index (χ0) is 15.2. The number of hydrogen-bond acceptors (Lipinski definition) is 3. The number of allylic oxidation sites excluding steroid dienone is 2. The Hall–Kier alpha value is -0.960. The Balaban J connectivity index is 1.73. The summed E-state index contributed by atoms with van der Waals surface area (Å²) in [5.41, 5.74) is 2.35. The molecule has 3 nitrogen and oxygen atoms in total. The number of ketones is 2. The molecule has 3 heteroatoms. The molecule has 5 aliphatic rings. The molecule has 0 spiro atoms. The number of fused-ring (bicyclic) bond motifs is 2. The standard InChI is InChI=1S/C19H25NO2/c1-10-8-20-9-12-5-3-11-4-6-14(21)16(11)17-18(22)13(10)7-15(20)19(12,17)2/h10,12-13,15,17H,3-9H2,1-2H3/t10-,12-,13?,15?,17?,19-/m1/s1. The van der Waals surface area contributed by atoms with Crippen molar-refractivity contribution >= 4 is 11.6 Å². The molecular weight excluding hydrogens is 274 g/mol. The second kappa shape index (κ2) is 4.11. The van der Waals surface area contributed by atoms with Crippen molar-refractivity contribution < 1.29 is 9.59 Å². The Kier molecular flexibility index (Phi) is 2.52. The summed E-state index contributed by atoms with van der Waals surface area (Å²) in [6.45, 7) is 6.82. The Morgan fingerprint density at radius 1 is 1.14 bits per heavy atom. The van der Waals surface area contributed by atoms with Gasteiger partial charge in [-0.05, 0) is 37.5 Å². The highest BCUT2D eigenvalue weighted by molar-refractivity contribution is 6.06. The van der Waals surface area contributed by atoms with Crippen LogP contribution in [0.3, 0.4) is 0 Å². The second-order valence-electron chi connectivity index (χ2n) is 8.67. The van der Waals surface area contributed by atoms with Crippen molar-refractivity contribution in [2.75, 3.05) is 13.1 Å². The summed E-state index contributed by atoms with van der Waals surface area (Å²) in [5.74, 6) is 1.87. The van der Waals surface area contributed by atoms with Gasteiger partial charge < -0.3 is 0 Å². The van der Waals surface area contributed by atoms with Crippen LogP contribution in [0.4, 0.5) is 0 Å². The van der Waals surface area contributed by atoms with Crippen molar-refractivity contribution in [3.63, 3.8) is 0 Å². The van der Waals surface area contributed by atoms with Crippen LogP contribution in [0.1, 0.15) is 46.0 Å². The molecule has 0 aromatic carbocycles. The van der Waals surface area contributed by atoms with Gasteiger partial charge in [0.15, 0.2) is 5.78 Å². The molecule has 6 atom stereocenters. The first kappa shape index (κ1) is 13.5. The lowest BCUT2D eigenvalue weighted by atomic mass is 9.53. The molecule has 2 aliphatic heterocycles. The van der Waals surface area contributed by atoms with Crippen LogP contribution in [0, 0.1) is 29.1 Å². The van der Waals surface area contributed by atoms with Gasteiger partial charge in [0, 0.05) is 42.5 Å². The van der Waals surface area contributed by atoms with Gasteiger partial charge in [0.25, 0.3) is 0 Å². The molecule has 2 bridgehead atoms. The Bertz CT molecular complexity index is 621. The quantitative estimate of drug-likeness (QED) is 0.690. The van der Waals surface area contributed by atoms with Gasteiger partial charge in [0.05, 0.1) is 5.92 Å². The van der Waals surface area contributed by atoms with E-state index in [0.29, 0.717) is 35.9 Å². The summed E-state index contributed by atoms with van der Waals surface area (Å²) in [4.78, 5) is 28.7. The van der Waals surface area contributed by atoms with Gasteiger partial charge in [-0.3, -0.25) is 14.5 Å². The maximum Gasteiger partial charge on any atom is 0.159 e. The van der Waals surface area contributed by atoms with Gasteiger partial charge in [-0.2, -0.15) is 0 Å². The van der Waals surface area contributed by atoms with Gasteiger partial charge in [0.1, 0.15) is 5.78 Å². The van der Waals surface area contributed by atoms with Crippen molar-refractivity contribution in [2.24, 2.45) is 29.1 Å². The lowest BCUT2D eigenvalue weighted by Gasteiger charge is -2.53. The van der Waals surface area contributed by atoms with E-state index in [-0.39, 0.29) is 17.3 Å². The molecule has 118 valence electrons. The first-order chi connectivity index (χ1) is 10.5. The molecule has 5 rings (SSSR count). The van der Waals surface area contributed by atoms with Gasteiger partial charge in [-0.1, -0.05) is 19.4 Å². The minimum absolute atomic E-state index is 0.0187. The van der Waals surface area contributed by atoms with Crippen molar-refractivity contribution in [1.82, 2.24) is 4.90 Å². The Morgan fingerprint density at radius 3 is 2.77 bits per heavy atom. The summed E-state index contributed by atoms with van der Waals surface area (Å²) < 4.78 is 0. The minimum atomic E-state index is -0.0819. The first-order valence-electron chi connectivity index (χ1n) is 9.04. The molecule has 0 radical (unpaired) electrons. The van der Waals surface area contributed by atoms with Crippen LogP contribution >= 0.6 is 0 Å². The third-order valence-electron chi connectivity index (χ3n) is 7.87. The van der Waals surface area contributed by atoms with Crippen molar-refractivity contribution in [1.29, 1.82) is 0 Å². The Morgan fingerprint density at radius 2 is 1.95 bits per heavy atom. The van der Waals surface area contributed by atoms with E-state index in [2.05, 4.69) is 18.7 Å². The Labute approximate surface area is 132 Å². The van der Waals surface area contributed by atoms with Gasteiger partial charge in [0.2, 0.25) is 0 Å². The lowest BCUT2D eigenvalue weighted by molar-refractivity contribution is -0.144. The zero-order valence-corrected chi connectivity index (χ0v) is 13.6. The number of carbonyl (C=O) groups excluding carboxylic acids is 2. The van der Waals surface area contributed by atoms with E-state index in [4.69, 9.17) is 0 Å². The van der Waals surface area contributed by atoms with Crippen LogP contribution in [-0.2, 0) is 9.59 Å². The van der Waals surface area contributed by atoms with E-state index < -0.39 is 0 Å². The zero-order valence-electron chi connectivity index (χ0n) is 13.6. The van der Waals surface area contributed by atoms with Crippen LogP contribution in [0.25, 0.3) is 0 Å². The van der Waals surface area contributed by atoms with E-state index in [1.807, 2.05) is 0 Å². The minimum Gasteiger partial charge on any atom is -0.299 e. The smallest absolute Gasteiger partial charge is 0.159 e. The average Bonchev–Trinajstić information content (AvgIpc) is 2.92. The van der Waals surface area contributed by atoms with E-state index in [1.54, 1.807) is 0 Å². The van der Waals surface area contributed by atoms with Gasteiger partial charge >= 0.3 is 0 Å². The largest absolute Gasteiger partial charge is 0.299 e. The first-order valence-corrected chi connectivity index (χ1v) is 9.04. The fourth-order valence-corrected chi connectivity index (χ4v) is 6.75. The molecule has 3 aliphatic carbocycles. The fourth-order valence-electron chi connectivity index (χ4n) is 6.75. The summed E-state index contributed by atoms with van der Waals surface area (Å²) >= 11 is 0. The number of hydrogen-bond donors (Lipinski definition) is 0. The number of Topliss-reactive ketones (excluding diaryl/α,β-unsaturated/α-hetero) is 2. The molecule has 0 amide bonds. The fraction of sp³-hybridized carbons (Fsp3) is 0.789. The molecule has 0 aromatic rings. The highest BCUT2D eigenvalue weighted by Crippen LogP contribution is 2.62. The molecule has 2 saturated heterocycles. The highest BCUT2D eigenvalue weighted by atomic mass is 16.1. The number of piperidine rings is 1. The van der Waals surface area contributed by atoms with Crippen molar-refractivity contribution in [2.45, 2.75) is 52.0 Å². The summed E-state index contributed by atoms with van der Waals surface area (Å²) in [7, 11) is 0. The predicted octanol–water partition coefficient (Wildman–Crippen LogP) is 2.60. The van der Waals surface area contributed by atoms with Crippen molar-refractivity contribution in [3.8, 4) is 0 Å². The van der Waals surface area contributed by atoms with E-state index in [1.165, 1.54) is 12.0 Å². The number of rotatable bonds is 0. The molecular formula is C19H25NO2. The van der Waals surface area contributed by atoms with E-state index in [0.717, 1.165) is 37.9 Å². The normalized spacial score (nSPS) is 50.4. The third kappa shape index (κ3) is 1.38. The summed E-state index contributed by atoms with van der Waals surface area (Å²) in [6.07, 6.45) is 4.86. The lowest BCUT2D eigenvalue weighted by Crippen LogP contribution is -2.60. The number of nitrogens with zero attached hydrogens (tertiary/aromatic N) is 1. The second-order valence-corrected chi connectivity index (χ2v) is 8.67. The highest BCUT2D eigenvalue weighted by Gasteiger charge is 2.65. The van der Waals surface area contributed by atoms with Crippen LogP contribution in [-0.4, -0.2) is 35.6 Å². The molecule has 3 fully saturated rings. The van der Waals surface area contributed by atoms with Crippen molar-refractivity contribution in [3.05, 3.63) is 11.1 Å². The molecule has 1 saturated carbocycles. The average molecular weight is 299 g/mol. The van der Waals surface area contributed by atoms with Gasteiger partial charge in [-0.15, -0.1) is 0 Å². The maximum atomic E-state index is 13.4. The summed E-state index contributed by atoms with van der Waals surface area (Å²) in [6, 6.07) is 0.529. The molecule has 22 heavy (non-hydrogen) atoms. The van der Waals surface area contributed by atoms with Crippen LogP contribution in [0.5, 0.6) is 0 Å². The van der Waals surface area contributed by atoms with E-state index >= 15 is 0 Å².